The van der Waals surface area contributed by atoms with E-state index in [9.17, 15) is 0 Å². The van der Waals surface area contributed by atoms with Gasteiger partial charge in [-0.05, 0) is 18.2 Å². The van der Waals surface area contributed by atoms with Crippen molar-refractivity contribution in [2.24, 2.45) is 0 Å². The Labute approximate surface area is 70.8 Å². The summed E-state index contributed by atoms with van der Waals surface area (Å²) in [5, 5.41) is 13.6. The lowest BCUT2D eigenvalue weighted by Gasteiger charge is -2.11. The number of rotatable bonds is 2. The number of nitrogens with zero attached hydrogens (tertiary/aromatic N) is 1. The van der Waals surface area contributed by atoms with Crippen LogP contribution in [0.5, 0.6) is 5.75 Å². The highest BCUT2D eigenvalue weighted by Crippen LogP contribution is 2.20. The molecule has 2 nitrogen and oxygen atoms in total. The molecule has 1 aromatic rings. The fourth-order valence-electron chi connectivity index (χ4n) is 0.907. The molecule has 0 spiro atoms. The second-order valence-corrected chi connectivity index (χ2v) is 2.73. The first kappa shape index (κ1) is 8.37. The summed E-state index contributed by atoms with van der Waals surface area (Å²) in [6.07, 6.45) is 0. The van der Waals surface area contributed by atoms with Gasteiger partial charge in [-0.3, -0.25) is 0 Å². The lowest BCUT2D eigenvalue weighted by Crippen LogP contribution is -1.81. The highest BCUT2D eigenvalue weighted by Gasteiger charge is 1.93. The van der Waals surface area contributed by atoms with E-state index in [0.717, 1.165) is 5.56 Å². The zero-order valence-corrected chi connectivity index (χ0v) is 6.97. The largest absolute Gasteiger partial charge is 0.661 e. The summed E-state index contributed by atoms with van der Waals surface area (Å²) in [7, 11) is 1.72. The standard InChI is InChI=1S/C8H9ClNO/c1-10-5-6-2-7(9)4-8(11)3-6/h2-4,11H,5H2,1H3/q-1. The summed E-state index contributed by atoms with van der Waals surface area (Å²) < 4.78 is 0. The van der Waals surface area contributed by atoms with Gasteiger partial charge >= 0.3 is 0 Å². The molecule has 0 aliphatic rings. The molecule has 0 bridgehead atoms. The van der Waals surface area contributed by atoms with Crippen molar-refractivity contribution in [3.05, 3.63) is 34.1 Å². The van der Waals surface area contributed by atoms with Crippen molar-refractivity contribution < 1.29 is 5.11 Å². The SMILES string of the molecule is C[N-]Cc1cc(O)cc(Cl)c1. The molecule has 1 aromatic carbocycles. The normalized spacial score (nSPS) is 10.0. The van der Waals surface area contributed by atoms with Gasteiger partial charge in [0.15, 0.2) is 0 Å². The molecule has 1 rings (SSSR count). The topological polar surface area (TPSA) is 34.3 Å². The fourth-order valence-corrected chi connectivity index (χ4v) is 1.16. The quantitative estimate of drug-likeness (QED) is 0.727. The van der Waals surface area contributed by atoms with Gasteiger partial charge in [0.2, 0.25) is 0 Å². The summed E-state index contributed by atoms with van der Waals surface area (Å²) >= 11 is 5.68. The molecule has 3 heteroatoms. The van der Waals surface area contributed by atoms with E-state index in [-0.39, 0.29) is 5.75 Å². The van der Waals surface area contributed by atoms with Crippen molar-refractivity contribution in [3.8, 4) is 5.75 Å². The van der Waals surface area contributed by atoms with Crippen molar-refractivity contribution in [2.45, 2.75) is 6.54 Å². The number of phenolic OH excluding ortho intramolecular Hbond substituents is 1. The molecule has 0 heterocycles. The van der Waals surface area contributed by atoms with Gasteiger partial charge in [-0.15, -0.1) is 6.54 Å². The fraction of sp³-hybridized carbons (Fsp3) is 0.250. The van der Waals surface area contributed by atoms with Crippen LogP contribution in [0.3, 0.4) is 0 Å². The predicted molar refractivity (Wildman–Crippen MR) is 46.1 cm³/mol. The minimum Gasteiger partial charge on any atom is -0.661 e. The van der Waals surface area contributed by atoms with Crippen LogP contribution in [-0.2, 0) is 6.54 Å². The van der Waals surface area contributed by atoms with Gasteiger partial charge in [0.25, 0.3) is 0 Å². The first-order valence-corrected chi connectivity index (χ1v) is 3.64. The van der Waals surface area contributed by atoms with E-state index in [1.165, 1.54) is 6.07 Å². The Balaban J connectivity index is 2.89. The van der Waals surface area contributed by atoms with Crippen LogP contribution >= 0.6 is 11.6 Å². The van der Waals surface area contributed by atoms with Crippen LogP contribution < -0.4 is 0 Å². The van der Waals surface area contributed by atoms with Crippen LogP contribution in [0.25, 0.3) is 5.32 Å². The Kier molecular flexibility index (Phi) is 2.74. The molecule has 1 N–H and O–H groups in total. The minimum absolute atomic E-state index is 0.191. The smallest absolute Gasteiger partial charge is 0.117 e. The number of hydrogen-bond donors (Lipinski definition) is 1. The summed E-state index contributed by atoms with van der Waals surface area (Å²) in [6, 6.07) is 4.94. The second-order valence-electron chi connectivity index (χ2n) is 2.29. The summed E-state index contributed by atoms with van der Waals surface area (Å²) in [4.78, 5) is 0. The van der Waals surface area contributed by atoms with Crippen molar-refractivity contribution in [2.75, 3.05) is 7.05 Å². The zero-order chi connectivity index (χ0) is 8.27. The van der Waals surface area contributed by atoms with Gasteiger partial charge in [-0.2, -0.15) is 7.05 Å². The Morgan fingerprint density at radius 1 is 1.45 bits per heavy atom. The van der Waals surface area contributed by atoms with E-state index in [2.05, 4.69) is 5.32 Å². The van der Waals surface area contributed by atoms with Crippen LogP contribution in [0, 0.1) is 0 Å². The predicted octanol–water partition coefficient (Wildman–Crippen LogP) is 2.55. The van der Waals surface area contributed by atoms with E-state index >= 15 is 0 Å². The Bertz CT molecular complexity index is 230. The van der Waals surface area contributed by atoms with Crippen LogP contribution in [-0.4, -0.2) is 12.2 Å². The summed E-state index contributed by atoms with van der Waals surface area (Å²) in [5.41, 5.74) is 0.928. The monoisotopic (exact) mass is 170 g/mol. The lowest BCUT2D eigenvalue weighted by molar-refractivity contribution is 0.475. The molecule has 0 atom stereocenters. The van der Waals surface area contributed by atoms with Gasteiger partial charge in [0.05, 0.1) is 0 Å². The Morgan fingerprint density at radius 3 is 2.73 bits per heavy atom. The lowest BCUT2D eigenvalue weighted by atomic mass is 10.2. The molecule has 0 aliphatic carbocycles. The molecule has 0 saturated heterocycles. The summed E-state index contributed by atoms with van der Waals surface area (Å²) in [5.74, 6) is 0.191. The van der Waals surface area contributed by atoms with E-state index < -0.39 is 0 Å². The van der Waals surface area contributed by atoms with Gasteiger partial charge < -0.3 is 10.4 Å². The van der Waals surface area contributed by atoms with Crippen LogP contribution in [0.4, 0.5) is 0 Å². The second kappa shape index (κ2) is 3.60. The molecule has 0 fully saturated rings. The van der Waals surface area contributed by atoms with Gasteiger partial charge in [0, 0.05) is 5.02 Å². The van der Waals surface area contributed by atoms with Gasteiger partial charge in [-0.25, -0.2) is 0 Å². The minimum atomic E-state index is 0.191. The molecule has 0 aliphatic heterocycles. The third-order valence-corrected chi connectivity index (χ3v) is 1.50. The maximum atomic E-state index is 9.09. The molecule has 60 valence electrons. The number of phenols is 1. The number of hydrogen-bond acceptors (Lipinski definition) is 1. The van der Waals surface area contributed by atoms with Crippen molar-refractivity contribution >= 4 is 11.6 Å². The van der Waals surface area contributed by atoms with Gasteiger partial charge in [0.1, 0.15) is 5.75 Å². The number of halogens is 1. The van der Waals surface area contributed by atoms with E-state index in [1.807, 2.05) is 0 Å². The molecular formula is C8H9ClNO-. The van der Waals surface area contributed by atoms with Gasteiger partial charge in [-0.1, -0.05) is 17.2 Å². The molecule has 0 saturated carbocycles. The molecule has 0 unspecified atom stereocenters. The van der Waals surface area contributed by atoms with Crippen molar-refractivity contribution in [1.82, 2.24) is 0 Å². The van der Waals surface area contributed by atoms with E-state index in [4.69, 9.17) is 16.7 Å². The third-order valence-electron chi connectivity index (χ3n) is 1.28. The highest BCUT2D eigenvalue weighted by atomic mass is 35.5. The number of aromatic hydroxyl groups is 1. The average Bonchev–Trinajstić information content (AvgIpc) is 1.85. The molecular weight excluding hydrogens is 162 g/mol. The van der Waals surface area contributed by atoms with Crippen LogP contribution in [0.2, 0.25) is 5.02 Å². The first-order chi connectivity index (χ1) is 5.22. The van der Waals surface area contributed by atoms with Crippen molar-refractivity contribution in [3.63, 3.8) is 0 Å². The highest BCUT2D eigenvalue weighted by molar-refractivity contribution is 6.30. The molecule has 11 heavy (non-hydrogen) atoms. The zero-order valence-electron chi connectivity index (χ0n) is 6.21. The van der Waals surface area contributed by atoms with E-state index in [1.54, 1.807) is 19.2 Å². The third kappa shape index (κ3) is 2.41. The molecule has 0 radical (unpaired) electrons. The summed E-state index contributed by atoms with van der Waals surface area (Å²) in [6.45, 7) is 0.591. The van der Waals surface area contributed by atoms with E-state index in [0.29, 0.717) is 11.6 Å². The van der Waals surface area contributed by atoms with Crippen LogP contribution in [0.1, 0.15) is 5.56 Å². The Hall–Kier alpha value is -0.730. The van der Waals surface area contributed by atoms with Crippen molar-refractivity contribution in [1.29, 1.82) is 0 Å². The molecule has 0 aromatic heterocycles. The molecule has 0 amide bonds. The first-order valence-electron chi connectivity index (χ1n) is 3.26. The maximum absolute atomic E-state index is 9.09. The Morgan fingerprint density at radius 2 is 2.18 bits per heavy atom. The average molecular weight is 171 g/mol. The van der Waals surface area contributed by atoms with Crippen LogP contribution in [0.15, 0.2) is 18.2 Å². The number of benzene rings is 1. The maximum Gasteiger partial charge on any atom is 0.117 e.